The van der Waals surface area contributed by atoms with Crippen LogP contribution in [0.1, 0.15) is 16.6 Å². The number of benzene rings is 1. The van der Waals surface area contributed by atoms with Crippen LogP contribution in [0.2, 0.25) is 0 Å². The van der Waals surface area contributed by atoms with Crippen molar-refractivity contribution in [3.05, 3.63) is 34.5 Å². The van der Waals surface area contributed by atoms with Gasteiger partial charge in [0.05, 0.1) is 24.1 Å². The summed E-state index contributed by atoms with van der Waals surface area (Å²) in [7, 11) is 3.46. The molecule has 0 unspecified atom stereocenters. The van der Waals surface area contributed by atoms with Gasteiger partial charge in [0.1, 0.15) is 5.82 Å². The topological polar surface area (TPSA) is 79.8 Å². The van der Waals surface area contributed by atoms with Crippen LogP contribution < -0.4 is 19.7 Å². The van der Waals surface area contributed by atoms with Crippen molar-refractivity contribution in [2.75, 3.05) is 57.2 Å². The fraction of sp³-hybridized carbons (Fsp3) is 0.381. The summed E-state index contributed by atoms with van der Waals surface area (Å²) in [6.07, 6.45) is 0. The van der Waals surface area contributed by atoms with Crippen LogP contribution in [0.3, 0.4) is 0 Å². The summed E-state index contributed by atoms with van der Waals surface area (Å²) in [5.41, 5.74) is 0.779. The van der Waals surface area contributed by atoms with Crippen LogP contribution in [-0.2, 0) is 0 Å². The Bertz CT molecular complexity index is 1030. The Hall–Kier alpha value is -3.07. The molecule has 0 aliphatic carbocycles. The predicted octanol–water partition coefficient (Wildman–Crippen LogP) is 3.10. The first kappa shape index (κ1) is 20.2. The van der Waals surface area contributed by atoms with E-state index in [1.165, 1.54) is 11.3 Å². The van der Waals surface area contributed by atoms with Gasteiger partial charge >= 0.3 is 0 Å². The lowest BCUT2D eigenvalue weighted by Gasteiger charge is -2.34. The maximum atomic E-state index is 12.6. The molecule has 0 spiro atoms. The second-order valence-electron chi connectivity index (χ2n) is 6.83. The van der Waals surface area contributed by atoms with Crippen LogP contribution >= 0.6 is 11.3 Å². The molecule has 3 aromatic rings. The van der Waals surface area contributed by atoms with Gasteiger partial charge in [0.2, 0.25) is 5.95 Å². The molecule has 0 atom stereocenters. The third-order valence-corrected chi connectivity index (χ3v) is 5.95. The Balaban J connectivity index is 1.58. The summed E-state index contributed by atoms with van der Waals surface area (Å²) < 4.78 is 11.2. The lowest BCUT2D eigenvalue weighted by Crippen LogP contribution is -2.49. The zero-order chi connectivity index (χ0) is 21.1. The standard InChI is InChI=1S/C21H25N5O3S/c1-4-29-17-12-14-15(13-16(17)28-3)23-21(24-19(14)22-2)26-9-7-25(8-10-26)20(27)18-6-5-11-30-18/h5-6,11-13H,4,7-10H2,1-3H3,(H,22,23,24). The number of nitrogens with one attached hydrogen (secondary N) is 1. The van der Waals surface area contributed by atoms with E-state index in [9.17, 15) is 4.79 Å². The van der Waals surface area contributed by atoms with Crippen molar-refractivity contribution in [2.45, 2.75) is 6.92 Å². The van der Waals surface area contributed by atoms with E-state index in [1.54, 1.807) is 7.11 Å². The fourth-order valence-electron chi connectivity index (χ4n) is 3.55. The van der Waals surface area contributed by atoms with E-state index < -0.39 is 0 Å². The van der Waals surface area contributed by atoms with Crippen molar-refractivity contribution in [1.82, 2.24) is 14.9 Å². The Morgan fingerprint density at radius 3 is 2.63 bits per heavy atom. The van der Waals surface area contributed by atoms with E-state index in [0.29, 0.717) is 50.2 Å². The van der Waals surface area contributed by atoms with Crippen LogP contribution in [0, 0.1) is 0 Å². The smallest absolute Gasteiger partial charge is 0.264 e. The van der Waals surface area contributed by atoms with Crippen molar-refractivity contribution >= 4 is 39.9 Å². The minimum atomic E-state index is 0.0909. The van der Waals surface area contributed by atoms with Crippen molar-refractivity contribution in [3.8, 4) is 11.5 Å². The first-order valence-corrected chi connectivity index (χ1v) is 10.8. The molecule has 2 aromatic heterocycles. The highest BCUT2D eigenvalue weighted by Crippen LogP contribution is 2.35. The number of amides is 1. The zero-order valence-electron chi connectivity index (χ0n) is 17.3. The van der Waals surface area contributed by atoms with Crippen molar-refractivity contribution in [3.63, 3.8) is 0 Å². The van der Waals surface area contributed by atoms with E-state index >= 15 is 0 Å². The molecule has 1 saturated heterocycles. The minimum Gasteiger partial charge on any atom is -0.493 e. The zero-order valence-corrected chi connectivity index (χ0v) is 18.2. The van der Waals surface area contributed by atoms with Gasteiger partial charge in [0.15, 0.2) is 11.5 Å². The number of hydrogen-bond acceptors (Lipinski definition) is 8. The largest absolute Gasteiger partial charge is 0.493 e. The molecule has 0 radical (unpaired) electrons. The fourth-order valence-corrected chi connectivity index (χ4v) is 4.24. The lowest BCUT2D eigenvalue weighted by molar-refractivity contribution is 0.0751. The molecular formula is C21H25N5O3S. The molecule has 0 saturated carbocycles. The number of ether oxygens (including phenoxy) is 2. The Labute approximate surface area is 179 Å². The summed E-state index contributed by atoms with van der Waals surface area (Å²) in [6.45, 7) is 5.12. The van der Waals surface area contributed by atoms with Gasteiger partial charge in [-0.3, -0.25) is 4.79 Å². The molecule has 1 aromatic carbocycles. The Morgan fingerprint density at radius 2 is 2.00 bits per heavy atom. The molecule has 4 rings (SSSR count). The van der Waals surface area contributed by atoms with Gasteiger partial charge in [-0.05, 0) is 24.4 Å². The number of hydrogen-bond donors (Lipinski definition) is 1. The quantitative estimate of drug-likeness (QED) is 0.647. The molecule has 1 aliphatic rings. The highest BCUT2D eigenvalue weighted by atomic mass is 32.1. The summed E-state index contributed by atoms with van der Waals surface area (Å²) in [4.78, 5) is 26.9. The number of fused-ring (bicyclic) bond motifs is 1. The molecule has 158 valence electrons. The van der Waals surface area contributed by atoms with E-state index in [4.69, 9.17) is 19.4 Å². The molecule has 1 N–H and O–H groups in total. The molecular weight excluding hydrogens is 402 g/mol. The SMILES string of the molecule is CCOc1cc2c(NC)nc(N3CCN(C(=O)c4cccs4)CC3)nc2cc1OC. The van der Waals surface area contributed by atoms with E-state index in [0.717, 1.165) is 21.6 Å². The number of methoxy groups -OCH3 is 1. The molecule has 30 heavy (non-hydrogen) atoms. The molecule has 9 heteroatoms. The monoisotopic (exact) mass is 427 g/mol. The summed E-state index contributed by atoms with van der Waals surface area (Å²) >= 11 is 1.48. The van der Waals surface area contributed by atoms with Gasteiger partial charge < -0.3 is 24.6 Å². The highest BCUT2D eigenvalue weighted by molar-refractivity contribution is 7.12. The third-order valence-electron chi connectivity index (χ3n) is 5.09. The number of piperazine rings is 1. The third kappa shape index (κ3) is 3.85. The molecule has 0 bridgehead atoms. The van der Waals surface area contributed by atoms with Crippen molar-refractivity contribution < 1.29 is 14.3 Å². The number of carbonyl (C=O) groups excluding carboxylic acids is 1. The van der Waals surface area contributed by atoms with Gasteiger partial charge in [-0.25, -0.2) is 4.98 Å². The lowest BCUT2D eigenvalue weighted by atomic mass is 10.2. The van der Waals surface area contributed by atoms with E-state index in [2.05, 4.69) is 10.2 Å². The van der Waals surface area contributed by atoms with Crippen LogP contribution in [0.5, 0.6) is 11.5 Å². The summed E-state index contributed by atoms with van der Waals surface area (Å²) in [5, 5.41) is 5.96. The summed E-state index contributed by atoms with van der Waals surface area (Å²) in [6, 6.07) is 7.56. The normalized spacial score (nSPS) is 14.1. The van der Waals surface area contributed by atoms with Crippen LogP contribution in [0.4, 0.5) is 11.8 Å². The van der Waals surface area contributed by atoms with Gasteiger partial charge in [0.25, 0.3) is 5.91 Å². The molecule has 8 nitrogen and oxygen atoms in total. The minimum absolute atomic E-state index is 0.0909. The van der Waals surface area contributed by atoms with Gasteiger partial charge in [0, 0.05) is 44.7 Å². The average molecular weight is 428 g/mol. The highest BCUT2D eigenvalue weighted by Gasteiger charge is 2.25. The maximum Gasteiger partial charge on any atom is 0.264 e. The number of carbonyl (C=O) groups is 1. The molecule has 1 fully saturated rings. The van der Waals surface area contributed by atoms with Crippen LogP contribution in [0.15, 0.2) is 29.6 Å². The maximum absolute atomic E-state index is 12.6. The number of rotatable bonds is 6. The van der Waals surface area contributed by atoms with Gasteiger partial charge in [-0.15, -0.1) is 11.3 Å². The van der Waals surface area contributed by atoms with Crippen molar-refractivity contribution in [2.24, 2.45) is 0 Å². The van der Waals surface area contributed by atoms with Gasteiger partial charge in [-0.2, -0.15) is 4.98 Å². The number of aromatic nitrogens is 2. The number of thiophene rings is 1. The Kier molecular flexibility index (Phi) is 5.89. The molecule has 3 heterocycles. The van der Waals surface area contributed by atoms with E-state index in [-0.39, 0.29) is 5.91 Å². The first-order chi connectivity index (χ1) is 14.6. The first-order valence-electron chi connectivity index (χ1n) is 9.92. The van der Waals surface area contributed by atoms with Crippen molar-refractivity contribution in [1.29, 1.82) is 0 Å². The van der Waals surface area contributed by atoms with Crippen LogP contribution in [-0.4, -0.2) is 67.7 Å². The van der Waals surface area contributed by atoms with Gasteiger partial charge in [-0.1, -0.05) is 6.07 Å². The number of anilines is 2. The molecule has 1 amide bonds. The number of nitrogens with zero attached hydrogens (tertiary/aromatic N) is 4. The van der Waals surface area contributed by atoms with E-state index in [1.807, 2.05) is 48.5 Å². The Morgan fingerprint density at radius 1 is 1.20 bits per heavy atom. The second-order valence-corrected chi connectivity index (χ2v) is 7.78. The molecule has 1 aliphatic heterocycles. The van der Waals surface area contributed by atoms with Crippen LogP contribution in [0.25, 0.3) is 10.9 Å². The second kappa shape index (κ2) is 8.74. The summed E-state index contributed by atoms with van der Waals surface area (Å²) in [5.74, 6) is 2.77. The average Bonchev–Trinajstić information content (AvgIpc) is 3.33. The predicted molar refractivity (Wildman–Crippen MR) is 119 cm³/mol.